The fourth-order valence-electron chi connectivity index (χ4n) is 3.06. The van der Waals surface area contributed by atoms with Gasteiger partial charge in [-0.1, -0.05) is 60.7 Å². The number of hydrogen-bond donors (Lipinski definition) is 1. The highest BCUT2D eigenvalue weighted by molar-refractivity contribution is 5.78. The third kappa shape index (κ3) is 3.44. The second-order valence-electron chi connectivity index (χ2n) is 6.17. The Hall–Kier alpha value is -3.17. The first-order chi connectivity index (χ1) is 12.8. The maximum absolute atomic E-state index is 5.90. The lowest BCUT2D eigenvalue weighted by Crippen LogP contribution is -1.99. The zero-order chi connectivity index (χ0) is 17.8. The molecule has 4 aromatic rings. The summed E-state index contributed by atoms with van der Waals surface area (Å²) in [6, 6.07) is 28.5. The molecule has 26 heavy (non-hydrogen) atoms. The van der Waals surface area contributed by atoms with Gasteiger partial charge in [0.25, 0.3) is 0 Å². The second-order valence-corrected chi connectivity index (χ2v) is 6.17. The number of para-hydroxylation sites is 1. The van der Waals surface area contributed by atoms with Gasteiger partial charge in [-0.15, -0.1) is 0 Å². The Morgan fingerprint density at radius 2 is 1.54 bits per heavy atom. The topological polar surface area (TPSA) is 48.1 Å². The third-order valence-electron chi connectivity index (χ3n) is 4.45. The second kappa shape index (κ2) is 7.38. The van der Waals surface area contributed by atoms with Crippen LogP contribution >= 0.6 is 0 Å². The molecule has 128 valence electrons. The van der Waals surface area contributed by atoms with Crippen molar-refractivity contribution < 1.29 is 4.74 Å². The highest BCUT2D eigenvalue weighted by atomic mass is 16.5. The highest BCUT2D eigenvalue weighted by Gasteiger charge is 2.04. The first-order valence-electron chi connectivity index (χ1n) is 8.69. The number of aromatic nitrogens is 1. The molecule has 0 unspecified atom stereocenters. The molecule has 0 fully saturated rings. The molecule has 0 bridgehead atoms. The number of fused-ring (bicyclic) bond motifs is 1. The van der Waals surface area contributed by atoms with Gasteiger partial charge in [-0.3, -0.25) is 0 Å². The van der Waals surface area contributed by atoms with Crippen LogP contribution in [0.1, 0.15) is 11.3 Å². The maximum atomic E-state index is 5.90. The fourth-order valence-corrected chi connectivity index (χ4v) is 3.06. The number of pyridine rings is 1. The zero-order valence-electron chi connectivity index (χ0n) is 14.4. The maximum Gasteiger partial charge on any atom is 0.130 e. The summed E-state index contributed by atoms with van der Waals surface area (Å²) in [7, 11) is 0. The molecule has 3 heteroatoms. The number of benzene rings is 3. The Morgan fingerprint density at radius 3 is 2.38 bits per heavy atom. The normalized spacial score (nSPS) is 10.8. The molecular formula is C23H20N2O. The number of rotatable bonds is 5. The highest BCUT2D eigenvalue weighted by Crippen LogP contribution is 2.26. The molecule has 3 aromatic carbocycles. The minimum Gasteiger partial charge on any atom is -0.487 e. The van der Waals surface area contributed by atoms with Crippen LogP contribution < -0.4 is 10.5 Å². The smallest absolute Gasteiger partial charge is 0.130 e. The van der Waals surface area contributed by atoms with E-state index in [9.17, 15) is 0 Å². The summed E-state index contributed by atoms with van der Waals surface area (Å²) < 4.78 is 5.90. The molecule has 0 aliphatic rings. The predicted molar refractivity (Wildman–Crippen MR) is 106 cm³/mol. The number of nitrogens with zero attached hydrogens (tertiary/aromatic N) is 1. The standard InChI is InChI=1S/C23H20N2O/c24-15-19-6-1-3-7-22(19)17-10-13-21(14-11-17)26-16-20-12-9-18-5-2-4-8-23(18)25-20/h1-14H,15-16,24H2. The Labute approximate surface area is 153 Å². The van der Waals surface area contributed by atoms with Gasteiger partial charge < -0.3 is 10.5 Å². The molecule has 0 amide bonds. The van der Waals surface area contributed by atoms with Gasteiger partial charge in [0.15, 0.2) is 0 Å². The lowest BCUT2D eigenvalue weighted by molar-refractivity contribution is 0.302. The van der Waals surface area contributed by atoms with E-state index in [0.29, 0.717) is 13.2 Å². The molecule has 0 spiro atoms. The molecule has 1 aromatic heterocycles. The van der Waals surface area contributed by atoms with Gasteiger partial charge in [0, 0.05) is 11.9 Å². The molecular weight excluding hydrogens is 320 g/mol. The molecule has 1 heterocycles. The van der Waals surface area contributed by atoms with E-state index in [1.807, 2.05) is 48.5 Å². The molecule has 3 nitrogen and oxygen atoms in total. The summed E-state index contributed by atoms with van der Waals surface area (Å²) in [5.74, 6) is 0.828. The van der Waals surface area contributed by atoms with Crippen molar-refractivity contribution in [3.8, 4) is 16.9 Å². The number of hydrogen-bond acceptors (Lipinski definition) is 3. The van der Waals surface area contributed by atoms with Crippen LogP contribution in [0.25, 0.3) is 22.0 Å². The van der Waals surface area contributed by atoms with E-state index in [1.165, 1.54) is 0 Å². The molecule has 0 atom stereocenters. The van der Waals surface area contributed by atoms with E-state index < -0.39 is 0 Å². The fraction of sp³-hybridized carbons (Fsp3) is 0.0870. The Balaban J connectivity index is 1.48. The molecule has 2 N–H and O–H groups in total. The third-order valence-corrected chi connectivity index (χ3v) is 4.45. The lowest BCUT2D eigenvalue weighted by atomic mass is 10.00. The monoisotopic (exact) mass is 340 g/mol. The molecule has 0 aliphatic heterocycles. The number of nitrogens with two attached hydrogens (primary N) is 1. The summed E-state index contributed by atoms with van der Waals surface area (Å²) in [4.78, 5) is 4.64. The van der Waals surface area contributed by atoms with Crippen LogP contribution in [0.5, 0.6) is 5.75 Å². The van der Waals surface area contributed by atoms with Crippen molar-refractivity contribution in [2.24, 2.45) is 5.73 Å². The quantitative estimate of drug-likeness (QED) is 0.560. The summed E-state index contributed by atoms with van der Waals surface area (Å²) in [5, 5.41) is 1.14. The summed E-state index contributed by atoms with van der Waals surface area (Å²) >= 11 is 0. The van der Waals surface area contributed by atoms with E-state index in [2.05, 4.69) is 41.4 Å². The zero-order valence-corrected chi connectivity index (χ0v) is 14.4. The first-order valence-corrected chi connectivity index (χ1v) is 8.69. The van der Waals surface area contributed by atoms with Crippen LogP contribution in [0.3, 0.4) is 0 Å². The molecule has 0 radical (unpaired) electrons. The van der Waals surface area contributed by atoms with Crippen molar-refractivity contribution >= 4 is 10.9 Å². The number of ether oxygens (including phenoxy) is 1. The van der Waals surface area contributed by atoms with Crippen molar-refractivity contribution in [2.45, 2.75) is 13.2 Å². The van der Waals surface area contributed by atoms with Gasteiger partial charge in [-0.2, -0.15) is 0 Å². The van der Waals surface area contributed by atoms with Crippen molar-refractivity contribution in [1.29, 1.82) is 0 Å². The van der Waals surface area contributed by atoms with Gasteiger partial charge in [0.05, 0.1) is 11.2 Å². The minimum atomic E-state index is 0.448. The Bertz CT molecular complexity index is 1030. The van der Waals surface area contributed by atoms with Gasteiger partial charge in [-0.25, -0.2) is 4.98 Å². The van der Waals surface area contributed by atoms with E-state index in [-0.39, 0.29) is 0 Å². The van der Waals surface area contributed by atoms with Crippen LogP contribution in [0, 0.1) is 0 Å². The summed E-state index contributed by atoms with van der Waals surface area (Å²) in [6.45, 7) is 0.978. The molecule has 0 saturated carbocycles. The van der Waals surface area contributed by atoms with Crippen LogP contribution in [-0.4, -0.2) is 4.98 Å². The van der Waals surface area contributed by atoms with Crippen LogP contribution in [0.15, 0.2) is 84.9 Å². The first kappa shape index (κ1) is 16.3. The van der Waals surface area contributed by atoms with Crippen molar-refractivity contribution in [3.63, 3.8) is 0 Å². The average molecular weight is 340 g/mol. The van der Waals surface area contributed by atoms with E-state index in [0.717, 1.165) is 39.0 Å². The average Bonchev–Trinajstić information content (AvgIpc) is 2.72. The SMILES string of the molecule is NCc1ccccc1-c1ccc(OCc2ccc3ccccc3n2)cc1. The van der Waals surface area contributed by atoms with E-state index in [4.69, 9.17) is 10.5 Å². The van der Waals surface area contributed by atoms with Gasteiger partial charge in [0.2, 0.25) is 0 Å². The summed E-state index contributed by atoms with van der Waals surface area (Å²) in [6.07, 6.45) is 0. The van der Waals surface area contributed by atoms with Gasteiger partial charge in [-0.05, 0) is 41.0 Å². The van der Waals surface area contributed by atoms with Gasteiger partial charge >= 0.3 is 0 Å². The predicted octanol–water partition coefficient (Wildman–Crippen LogP) is 4.94. The van der Waals surface area contributed by atoms with Crippen LogP contribution in [-0.2, 0) is 13.2 Å². The Morgan fingerprint density at radius 1 is 0.769 bits per heavy atom. The van der Waals surface area contributed by atoms with Crippen molar-refractivity contribution in [3.05, 3.63) is 96.2 Å². The Kier molecular flexibility index (Phi) is 4.63. The largest absolute Gasteiger partial charge is 0.487 e. The summed E-state index contributed by atoms with van der Waals surface area (Å²) in [5.41, 5.74) is 11.2. The van der Waals surface area contributed by atoms with Crippen LogP contribution in [0.2, 0.25) is 0 Å². The molecule has 0 aliphatic carbocycles. The van der Waals surface area contributed by atoms with Gasteiger partial charge in [0.1, 0.15) is 12.4 Å². The van der Waals surface area contributed by atoms with Crippen LogP contribution in [0.4, 0.5) is 0 Å². The van der Waals surface area contributed by atoms with E-state index >= 15 is 0 Å². The lowest BCUT2D eigenvalue weighted by Gasteiger charge is -2.10. The van der Waals surface area contributed by atoms with Crippen molar-refractivity contribution in [2.75, 3.05) is 0 Å². The minimum absolute atomic E-state index is 0.448. The molecule has 4 rings (SSSR count). The van der Waals surface area contributed by atoms with E-state index in [1.54, 1.807) is 0 Å². The molecule has 0 saturated heterocycles. The van der Waals surface area contributed by atoms with Crippen molar-refractivity contribution in [1.82, 2.24) is 4.98 Å².